The summed E-state index contributed by atoms with van der Waals surface area (Å²) in [5, 5.41) is 18.8. The maximum atomic E-state index is 12.0. The van der Waals surface area contributed by atoms with E-state index in [2.05, 4.69) is 0 Å². The molecule has 0 unspecified atom stereocenters. The second-order valence-corrected chi connectivity index (χ2v) is 5.83. The molecule has 7 heteroatoms. The molecule has 0 radical (unpaired) electrons. The molecule has 0 fully saturated rings. The van der Waals surface area contributed by atoms with E-state index in [9.17, 15) is 15.0 Å². The number of benzene rings is 3. The first-order chi connectivity index (χ1) is 13.0. The monoisotopic (exact) mass is 386 g/mol. The summed E-state index contributed by atoms with van der Waals surface area (Å²) < 4.78 is 16.1. The number of aromatic hydroxyl groups is 2. The molecule has 2 N–H and O–H groups in total. The molecule has 27 heavy (non-hydrogen) atoms. The lowest BCUT2D eigenvalue weighted by Gasteiger charge is -2.10. The molecule has 3 aromatic carbocycles. The van der Waals surface area contributed by atoms with Gasteiger partial charge in [0.1, 0.15) is 28.7 Å². The predicted molar refractivity (Wildman–Crippen MR) is 98.7 cm³/mol. The van der Waals surface area contributed by atoms with Crippen molar-refractivity contribution in [1.82, 2.24) is 0 Å². The number of rotatable bonds is 6. The van der Waals surface area contributed by atoms with Gasteiger partial charge < -0.3 is 24.4 Å². The highest BCUT2D eigenvalue weighted by atomic mass is 35.5. The van der Waals surface area contributed by atoms with Crippen molar-refractivity contribution in [3.8, 4) is 28.7 Å². The Morgan fingerprint density at radius 2 is 1.41 bits per heavy atom. The van der Waals surface area contributed by atoms with Gasteiger partial charge in [-0.25, -0.2) is 4.79 Å². The summed E-state index contributed by atoms with van der Waals surface area (Å²) in [6.07, 6.45) is 0. The Kier molecular flexibility index (Phi) is 5.68. The Morgan fingerprint density at radius 1 is 0.815 bits per heavy atom. The molecule has 138 valence electrons. The number of phenols is 2. The van der Waals surface area contributed by atoms with E-state index in [4.69, 9.17) is 25.8 Å². The van der Waals surface area contributed by atoms with Gasteiger partial charge >= 0.3 is 5.97 Å². The molecule has 0 saturated heterocycles. The Hall–Kier alpha value is -3.38. The van der Waals surface area contributed by atoms with Crippen molar-refractivity contribution >= 4 is 17.6 Å². The van der Waals surface area contributed by atoms with Crippen LogP contribution < -0.4 is 14.2 Å². The van der Waals surface area contributed by atoms with Gasteiger partial charge in [-0.15, -0.1) is 0 Å². The summed E-state index contributed by atoms with van der Waals surface area (Å²) in [5.41, 5.74) is 0.328. The van der Waals surface area contributed by atoms with Crippen LogP contribution in [0.25, 0.3) is 0 Å². The molecule has 0 heterocycles. The molecule has 0 atom stereocenters. The molecule has 0 saturated carbocycles. The average molecular weight is 387 g/mol. The zero-order valence-corrected chi connectivity index (χ0v) is 14.7. The maximum absolute atomic E-state index is 12.0. The number of halogens is 1. The van der Waals surface area contributed by atoms with Gasteiger partial charge in [-0.2, -0.15) is 0 Å². The van der Waals surface area contributed by atoms with Crippen molar-refractivity contribution in [2.24, 2.45) is 0 Å². The molecule has 3 aromatic rings. The van der Waals surface area contributed by atoms with E-state index in [0.29, 0.717) is 22.8 Å². The lowest BCUT2D eigenvalue weighted by Crippen LogP contribution is -2.08. The standard InChI is InChI=1S/C20H15ClO6/c21-18-11-17(9-10-19(18)23)26-12-25-15-5-7-16(8-6-15)27-20(24)13-1-3-14(22)4-2-13/h1-11,22-23H,12H2. The van der Waals surface area contributed by atoms with Crippen molar-refractivity contribution in [3.63, 3.8) is 0 Å². The molecule has 0 bridgehead atoms. The summed E-state index contributed by atoms with van der Waals surface area (Å²) in [6, 6.07) is 16.7. The zero-order valence-electron chi connectivity index (χ0n) is 14.0. The quantitative estimate of drug-likeness (QED) is 0.371. The van der Waals surface area contributed by atoms with Crippen LogP contribution >= 0.6 is 11.6 Å². The number of carbonyl (C=O) groups is 1. The molecule has 0 spiro atoms. The zero-order chi connectivity index (χ0) is 19.2. The van der Waals surface area contributed by atoms with Crippen molar-refractivity contribution in [2.75, 3.05) is 6.79 Å². The van der Waals surface area contributed by atoms with Crippen molar-refractivity contribution < 1.29 is 29.2 Å². The molecular formula is C20H15ClO6. The Morgan fingerprint density at radius 3 is 2.07 bits per heavy atom. The van der Waals surface area contributed by atoms with Crippen LogP contribution in [0.2, 0.25) is 5.02 Å². The fourth-order valence-electron chi connectivity index (χ4n) is 2.11. The van der Waals surface area contributed by atoms with Crippen molar-refractivity contribution in [3.05, 3.63) is 77.3 Å². The maximum Gasteiger partial charge on any atom is 0.343 e. The number of phenolic OH excluding ortho intramolecular Hbond substituents is 2. The fourth-order valence-corrected chi connectivity index (χ4v) is 2.28. The lowest BCUT2D eigenvalue weighted by molar-refractivity contribution is 0.0734. The first-order valence-corrected chi connectivity index (χ1v) is 8.24. The van der Waals surface area contributed by atoms with Gasteiger partial charge in [0.2, 0.25) is 6.79 Å². The van der Waals surface area contributed by atoms with Gasteiger partial charge in [0.25, 0.3) is 0 Å². The molecule has 0 aliphatic carbocycles. The largest absolute Gasteiger partial charge is 0.508 e. The summed E-state index contributed by atoms with van der Waals surface area (Å²) in [6.45, 7) is -0.0618. The molecule has 0 aromatic heterocycles. The molecule has 0 aliphatic heterocycles. The van der Waals surface area contributed by atoms with E-state index in [1.54, 1.807) is 30.3 Å². The van der Waals surface area contributed by atoms with Crippen LogP contribution in [-0.4, -0.2) is 23.0 Å². The third kappa shape index (κ3) is 5.05. The van der Waals surface area contributed by atoms with Crippen LogP contribution in [0.4, 0.5) is 0 Å². The van der Waals surface area contributed by atoms with E-state index in [0.717, 1.165) is 0 Å². The van der Waals surface area contributed by atoms with Crippen LogP contribution in [0.1, 0.15) is 10.4 Å². The van der Waals surface area contributed by atoms with Crippen LogP contribution in [-0.2, 0) is 0 Å². The predicted octanol–water partition coefficient (Wildman–Crippen LogP) is 4.39. The Labute approximate surface area is 160 Å². The van der Waals surface area contributed by atoms with E-state index < -0.39 is 5.97 Å². The average Bonchev–Trinajstić information content (AvgIpc) is 2.66. The lowest BCUT2D eigenvalue weighted by atomic mass is 10.2. The van der Waals surface area contributed by atoms with Crippen molar-refractivity contribution in [2.45, 2.75) is 0 Å². The van der Waals surface area contributed by atoms with Gasteiger partial charge in [-0.3, -0.25) is 0 Å². The highest BCUT2D eigenvalue weighted by Crippen LogP contribution is 2.27. The Bertz CT molecular complexity index is 922. The van der Waals surface area contributed by atoms with Gasteiger partial charge in [-0.1, -0.05) is 11.6 Å². The molecule has 6 nitrogen and oxygen atoms in total. The minimum Gasteiger partial charge on any atom is -0.508 e. The number of ether oxygens (including phenoxy) is 3. The Balaban J connectivity index is 1.51. The normalized spacial score (nSPS) is 10.3. The highest BCUT2D eigenvalue weighted by Gasteiger charge is 2.08. The summed E-state index contributed by atoms with van der Waals surface area (Å²) in [4.78, 5) is 12.0. The highest BCUT2D eigenvalue weighted by molar-refractivity contribution is 6.32. The first-order valence-electron chi connectivity index (χ1n) is 7.86. The van der Waals surface area contributed by atoms with Gasteiger partial charge in [-0.05, 0) is 60.7 Å². The molecule has 0 amide bonds. The first kappa shape index (κ1) is 18.4. The van der Waals surface area contributed by atoms with E-state index in [1.165, 1.54) is 36.4 Å². The summed E-state index contributed by atoms with van der Waals surface area (Å²) in [5.74, 6) is 0.844. The number of hydrogen-bond donors (Lipinski definition) is 2. The summed E-state index contributed by atoms with van der Waals surface area (Å²) >= 11 is 5.80. The second kappa shape index (κ2) is 8.33. The fraction of sp³-hybridized carbons (Fsp3) is 0.0500. The van der Waals surface area contributed by atoms with E-state index in [1.807, 2.05) is 0 Å². The van der Waals surface area contributed by atoms with Crippen LogP contribution in [0.5, 0.6) is 28.7 Å². The number of hydrogen-bond acceptors (Lipinski definition) is 6. The van der Waals surface area contributed by atoms with Gasteiger partial charge in [0, 0.05) is 6.07 Å². The smallest absolute Gasteiger partial charge is 0.343 e. The van der Waals surface area contributed by atoms with Crippen LogP contribution in [0, 0.1) is 0 Å². The van der Waals surface area contributed by atoms with Crippen LogP contribution in [0.15, 0.2) is 66.7 Å². The minimum absolute atomic E-state index is 0.0256. The number of carbonyl (C=O) groups excluding carboxylic acids is 1. The minimum atomic E-state index is -0.531. The number of esters is 1. The van der Waals surface area contributed by atoms with Gasteiger partial charge in [0.05, 0.1) is 10.6 Å². The van der Waals surface area contributed by atoms with E-state index >= 15 is 0 Å². The van der Waals surface area contributed by atoms with Gasteiger partial charge in [0.15, 0.2) is 0 Å². The SMILES string of the molecule is O=C(Oc1ccc(OCOc2ccc(O)c(Cl)c2)cc1)c1ccc(O)cc1. The third-order valence-electron chi connectivity index (χ3n) is 3.51. The van der Waals surface area contributed by atoms with E-state index in [-0.39, 0.29) is 23.3 Å². The topological polar surface area (TPSA) is 85.2 Å². The van der Waals surface area contributed by atoms with Crippen LogP contribution in [0.3, 0.4) is 0 Å². The van der Waals surface area contributed by atoms with Crippen molar-refractivity contribution in [1.29, 1.82) is 0 Å². The molecule has 3 rings (SSSR count). The summed E-state index contributed by atoms with van der Waals surface area (Å²) in [7, 11) is 0. The molecular weight excluding hydrogens is 372 g/mol. The third-order valence-corrected chi connectivity index (χ3v) is 3.81. The molecule has 0 aliphatic rings. The second-order valence-electron chi connectivity index (χ2n) is 5.43.